The molecule has 0 spiro atoms. The molecule has 0 heterocycles. The average Bonchev–Trinajstić information content (AvgIpc) is 2.34. The van der Waals surface area contributed by atoms with E-state index in [1.54, 1.807) is 25.7 Å². The van der Waals surface area contributed by atoms with Gasteiger partial charge in [-0.2, -0.15) is 5.26 Å². The van der Waals surface area contributed by atoms with Gasteiger partial charge >= 0.3 is 0 Å². The van der Waals surface area contributed by atoms with Crippen LogP contribution in [0, 0.1) is 31.6 Å². The van der Waals surface area contributed by atoms with Gasteiger partial charge in [-0.05, 0) is 23.8 Å². The molecule has 1 rings (SSSR count). The van der Waals surface area contributed by atoms with Gasteiger partial charge in [0.15, 0.2) is 5.22 Å². The second-order valence-corrected chi connectivity index (χ2v) is 10.6. The van der Waals surface area contributed by atoms with E-state index in [-0.39, 0.29) is 5.56 Å². The van der Waals surface area contributed by atoms with E-state index in [0.717, 1.165) is 18.2 Å². The zero-order valence-corrected chi connectivity index (χ0v) is 13.0. The summed E-state index contributed by atoms with van der Waals surface area (Å²) in [5.41, 5.74) is -0.0645. The summed E-state index contributed by atoms with van der Waals surface area (Å²) >= 11 is 0. The van der Waals surface area contributed by atoms with Crippen LogP contribution in [0.2, 0.25) is 19.6 Å². The molecule has 1 N–H and O–H groups in total. The molecule has 118 valence electrons. The molecule has 1 unspecified atom stereocenters. The SMILES string of the molecule is C[Si](C)(C)C(O)(C#N)c1cc(O[N+](=O)[O-])cc(O[N+](=O)[O-])c1. The normalized spacial score (nSPS) is 13.6. The van der Waals surface area contributed by atoms with E-state index < -0.39 is 35.0 Å². The molecule has 1 atom stereocenters. The Labute approximate surface area is 125 Å². The van der Waals surface area contributed by atoms with Crippen molar-refractivity contribution in [2.45, 2.75) is 24.9 Å². The molecule has 0 aliphatic heterocycles. The van der Waals surface area contributed by atoms with Gasteiger partial charge in [-0.3, -0.25) is 9.68 Å². The summed E-state index contributed by atoms with van der Waals surface area (Å²) in [7, 11) is -2.53. The minimum atomic E-state index is -2.53. The van der Waals surface area contributed by atoms with Crippen molar-refractivity contribution in [2.24, 2.45) is 0 Å². The third-order valence-corrected chi connectivity index (χ3v) is 5.48. The highest BCUT2D eigenvalue weighted by Gasteiger charge is 2.44. The highest BCUT2D eigenvalue weighted by Crippen LogP contribution is 2.36. The van der Waals surface area contributed by atoms with E-state index in [1.165, 1.54) is 0 Å². The van der Waals surface area contributed by atoms with Crippen LogP contribution in [0.4, 0.5) is 0 Å². The number of hydrogen-bond acceptors (Lipinski definition) is 8. The summed E-state index contributed by atoms with van der Waals surface area (Å²) < 4.78 is 0. The fraction of sp³-hybridized carbons (Fsp3) is 0.364. The topological polar surface area (TPSA) is 149 Å². The highest BCUT2D eigenvalue weighted by molar-refractivity contribution is 6.79. The van der Waals surface area contributed by atoms with Gasteiger partial charge in [0.05, 0.1) is 6.07 Å². The monoisotopic (exact) mass is 327 g/mol. The van der Waals surface area contributed by atoms with E-state index in [2.05, 4.69) is 9.68 Å². The van der Waals surface area contributed by atoms with Gasteiger partial charge in [0.2, 0.25) is 0 Å². The molecule has 0 aliphatic carbocycles. The van der Waals surface area contributed by atoms with Gasteiger partial charge in [0.1, 0.15) is 19.6 Å². The second-order valence-electron chi connectivity index (χ2n) is 5.40. The number of nitriles is 1. The zero-order valence-electron chi connectivity index (χ0n) is 12.0. The molecule has 0 aliphatic rings. The Bertz CT molecular complexity index is 618. The summed E-state index contributed by atoms with van der Waals surface area (Å²) in [5.74, 6) is -0.794. The lowest BCUT2D eigenvalue weighted by molar-refractivity contribution is -0.713. The van der Waals surface area contributed by atoms with Crippen LogP contribution in [0.3, 0.4) is 0 Å². The van der Waals surface area contributed by atoms with Crippen LogP contribution in [0.5, 0.6) is 11.5 Å². The van der Waals surface area contributed by atoms with E-state index >= 15 is 0 Å². The number of rotatable bonds is 6. The first-order chi connectivity index (χ1) is 9.99. The van der Waals surface area contributed by atoms with Crippen LogP contribution in [-0.2, 0) is 5.22 Å². The number of aliphatic hydroxyl groups is 1. The number of benzene rings is 1. The summed E-state index contributed by atoms with van der Waals surface area (Å²) in [6.45, 7) is 5.10. The number of hydrogen-bond donors (Lipinski definition) is 1. The minimum Gasteiger partial charge on any atom is -0.375 e. The first-order valence-corrected chi connectivity index (χ1v) is 9.43. The van der Waals surface area contributed by atoms with Gasteiger partial charge < -0.3 is 5.11 Å². The Morgan fingerprint density at radius 1 is 1.14 bits per heavy atom. The van der Waals surface area contributed by atoms with E-state index in [0.29, 0.717) is 0 Å². The molecular weight excluding hydrogens is 314 g/mol. The maximum atomic E-state index is 10.6. The molecule has 0 aromatic heterocycles. The third-order valence-electron chi connectivity index (χ3n) is 2.90. The summed E-state index contributed by atoms with van der Waals surface area (Å²) in [6.07, 6.45) is 0. The summed E-state index contributed by atoms with van der Waals surface area (Å²) in [5, 5.41) is 36.6. The predicted octanol–water partition coefficient (Wildman–Crippen LogP) is 1.42. The lowest BCUT2D eigenvalue weighted by Crippen LogP contribution is -2.48. The smallest absolute Gasteiger partial charge is 0.299 e. The Kier molecular flexibility index (Phi) is 4.70. The maximum absolute atomic E-state index is 10.6. The molecule has 1 aromatic rings. The van der Waals surface area contributed by atoms with Crippen LogP contribution < -0.4 is 9.68 Å². The highest BCUT2D eigenvalue weighted by atomic mass is 28.3. The van der Waals surface area contributed by atoms with E-state index in [9.17, 15) is 30.6 Å². The molecule has 0 bridgehead atoms. The quantitative estimate of drug-likeness (QED) is 0.357. The fourth-order valence-corrected chi connectivity index (χ4v) is 3.07. The van der Waals surface area contributed by atoms with Crippen molar-refractivity contribution in [3.8, 4) is 17.6 Å². The first kappa shape index (κ1) is 17.3. The van der Waals surface area contributed by atoms with Crippen molar-refractivity contribution in [2.75, 3.05) is 0 Å². The summed E-state index contributed by atoms with van der Waals surface area (Å²) in [4.78, 5) is 29.3. The maximum Gasteiger partial charge on any atom is 0.299 e. The molecule has 0 fully saturated rings. The van der Waals surface area contributed by atoms with Gasteiger partial charge in [0.25, 0.3) is 10.2 Å². The molecule has 0 saturated carbocycles. The molecule has 0 radical (unpaired) electrons. The standard InChI is InChI=1S/C11H13N3O7Si/c1-22(2,3)11(15,7-12)8-4-9(20-13(16)17)6-10(5-8)21-14(18)19/h4-6,15H,1-3H3. The zero-order chi connectivity index (χ0) is 17.1. The first-order valence-electron chi connectivity index (χ1n) is 5.93. The van der Waals surface area contributed by atoms with Crippen LogP contribution in [0.25, 0.3) is 0 Å². The van der Waals surface area contributed by atoms with Crippen molar-refractivity contribution in [3.05, 3.63) is 44.0 Å². The van der Waals surface area contributed by atoms with E-state index in [1.807, 2.05) is 0 Å². The van der Waals surface area contributed by atoms with E-state index in [4.69, 9.17) is 0 Å². The molecular formula is C11H13N3O7Si. The van der Waals surface area contributed by atoms with Crippen LogP contribution in [0.1, 0.15) is 5.56 Å². The van der Waals surface area contributed by atoms with Gasteiger partial charge in [-0.1, -0.05) is 19.6 Å². The molecule has 11 heteroatoms. The minimum absolute atomic E-state index is 0.0645. The van der Waals surface area contributed by atoms with Crippen molar-refractivity contribution in [1.29, 1.82) is 5.26 Å². The average molecular weight is 327 g/mol. The molecule has 1 aromatic carbocycles. The lowest BCUT2D eigenvalue weighted by Gasteiger charge is -2.33. The Balaban J connectivity index is 3.49. The van der Waals surface area contributed by atoms with Crippen LogP contribution >= 0.6 is 0 Å². The van der Waals surface area contributed by atoms with Gasteiger partial charge in [-0.25, -0.2) is 0 Å². The molecule has 10 nitrogen and oxygen atoms in total. The molecule has 0 amide bonds. The third kappa shape index (κ3) is 3.68. The fourth-order valence-electron chi connectivity index (χ4n) is 1.72. The van der Waals surface area contributed by atoms with Crippen molar-refractivity contribution >= 4 is 8.07 Å². The van der Waals surface area contributed by atoms with Crippen molar-refractivity contribution in [1.82, 2.24) is 0 Å². The predicted molar refractivity (Wildman–Crippen MR) is 74.5 cm³/mol. The molecule has 0 saturated heterocycles. The van der Waals surface area contributed by atoms with Crippen molar-refractivity contribution in [3.63, 3.8) is 0 Å². The van der Waals surface area contributed by atoms with Crippen molar-refractivity contribution < 1.29 is 25.0 Å². The Morgan fingerprint density at radius 3 is 1.82 bits per heavy atom. The number of nitrogens with zero attached hydrogens (tertiary/aromatic N) is 3. The second kappa shape index (κ2) is 5.96. The lowest BCUT2D eigenvalue weighted by atomic mass is 10.1. The van der Waals surface area contributed by atoms with Gasteiger partial charge in [0, 0.05) is 0 Å². The van der Waals surface area contributed by atoms with Gasteiger partial charge in [-0.15, -0.1) is 20.2 Å². The van der Waals surface area contributed by atoms with Crippen LogP contribution in [0.15, 0.2) is 18.2 Å². The van der Waals surface area contributed by atoms with Crippen LogP contribution in [-0.4, -0.2) is 23.4 Å². The molecule has 22 heavy (non-hydrogen) atoms. The Morgan fingerprint density at radius 2 is 1.55 bits per heavy atom. The largest absolute Gasteiger partial charge is 0.375 e. The summed E-state index contributed by atoms with van der Waals surface area (Å²) in [6, 6.07) is 4.84. The Hall–Kier alpha value is -2.71.